The number of fused-ring (bicyclic) bond motifs is 2. The third-order valence-corrected chi connectivity index (χ3v) is 8.72. The zero-order chi connectivity index (χ0) is 37.8. The maximum atomic E-state index is 13.5. The van der Waals surface area contributed by atoms with Gasteiger partial charge in [0.05, 0.1) is 6.33 Å². The Balaban J connectivity index is 1.34. The molecule has 2 saturated heterocycles. The van der Waals surface area contributed by atoms with Crippen molar-refractivity contribution >= 4 is 40.8 Å². The van der Waals surface area contributed by atoms with E-state index < -0.39 is 53.7 Å². The number of amides is 2. The predicted octanol–water partition coefficient (Wildman–Crippen LogP) is 5.18. The molecule has 5 rings (SSSR count). The highest BCUT2D eigenvalue weighted by molar-refractivity contribution is 6.30. The van der Waals surface area contributed by atoms with E-state index in [1.54, 1.807) is 11.2 Å². The van der Waals surface area contributed by atoms with Crippen molar-refractivity contribution in [3.63, 3.8) is 0 Å². The molecule has 16 heteroatoms. The molecule has 286 valence electrons. The number of anilines is 1. The van der Waals surface area contributed by atoms with Crippen molar-refractivity contribution in [1.82, 2.24) is 34.6 Å². The Kier molecular flexibility index (Phi) is 12.2. The highest BCUT2D eigenvalue weighted by Gasteiger charge is 2.56. The van der Waals surface area contributed by atoms with Crippen molar-refractivity contribution in [2.45, 2.75) is 110 Å². The minimum atomic E-state index is -0.850. The molecule has 2 fully saturated rings. The van der Waals surface area contributed by atoms with E-state index in [-0.39, 0.29) is 5.82 Å². The Hall–Kier alpha value is -3.76. The Morgan fingerprint density at radius 1 is 0.962 bits per heavy atom. The Labute approximate surface area is 310 Å². The minimum absolute atomic E-state index is 0.274. The van der Waals surface area contributed by atoms with Crippen LogP contribution in [-0.2, 0) is 30.1 Å². The number of nitrogens with one attached hydrogen (secondary N) is 1. The van der Waals surface area contributed by atoms with Crippen LogP contribution in [-0.4, -0.2) is 116 Å². The van der Waals surface area contributed by atoms with E-state index in [0.717, 1.165) is 5.56 Å². The number of nitrogens with two attached hydrogens (primary N) is 1. The number of ether oxygens (including phenoxy) is 5. The molecule has 2 aliphatic rings. The third kappa shape index (κ3) is 10.7. The number of alkyl carbamates (subject to hydrolysis) is 1. The maximum Gasteiger partial charge on any atom is 0.410 e. The second-order valence-electron chi connectivity index (χ2n) is 15.6. The number of nitrogens with zero attached hydrogens (tertiary/aromatic N) is 6. The number of imidazole rings is 1. The smallest absolute Gasteiger partial charge is 0.410 e. The van der Waals surface area contributed by atoms with Gasteiger partial charge in [-0.15, -0.1) is 0 Å². The van der Waals surface area contributed by atoms with Crippen molar-refractivity contribution in [3.8, 4) is 0 Å². The van der Waals surface area contributed by atoms with E-state index >= 15 is 0 Å². The summed E-state index contributed by atoms with van der Waals surface area (Å²) in [6, 6.07) is 7.60. The molecule has 3 N–H and O–H groups in total. The summed E-state index contributed by atoms with van der Waals surface area (Å²) >= 11 is 6.11. The summed E-state index contributed by atoms with van der Waals surface area (Å²) in [5, 5.41) is 3.50. The van der Waals surface area contributed by atoms with Gasteiger partial charge in [0.25, 0.3) is 0 Å². The minimum Gasteiger partial charge on any atom is -0.444 e. The van der Waals surface area contributed by atoms with Crippen molar-refractivity contribution in [3.05, 3.63) is 47.5 Å². The van der Waals surface area contributed by atoms with Crippen LogP contribution >= 0.6 is 11.6 Å². The average molecular weight is 745 g/mol. The van der Waals surface area contributed by atoms with Gasteiger partial charge < -0.3 is 39.6 Å². The van der Waals surface area contributed by atoms with Crippen LogP contribution in [0.15, 0.2) is 36.9 Å². The number of rotatable bonds is 13. The van der Waals surface area contributed by atoms with Gasteiger partial charge in [0.2, 0.25) is 0 Å². The summed E-state index contributed by atoms with van der Waals surface area (Å²) in [6.07, 6.45) is 1.52. The summed E-state index contributed by atoms with van der Waals surface area (Å²) in [7, 11) is 0. The van der Waals surface area contributed by atoms with Crippen LogP contribution in [0.4, 0.5) is 15.4 Å². The van der Waals surface area contributed by atoms with Crippen LogP contribution in [0.25, 0.3) is 11.2 Å². The largest absolute Gasteiger partial charge is 0.444 e. The molecule has 0 unspecified atom stereocenters. The molecule has 2 aliphatic heterocycles. The van der Waals surface area contributed by atoms with Crippen molar-refractivity contribution in [2.24, 2.45) is 0 Å². The number of aromatic nitrogens is 4. The quantitative estimate of drug-likeness (QED) is 0.221. The zero-order valence-electron chi connectivity index (χ0n) is 31.4. The van der Waals surface area contributed by atoms with E-state index in [2.05, 4.69) is 25.2 Å². The maximum absolute atomic E-state index is 13.5. The second kappa shape index (κ2) is 16.1. The molecule has 4 heterocycles. The van der Waals surface area contributed by atoms with Crippen LogP contribution in [0, 0.1) is 0 Å². The van der Waals surface area contributed by atoms with E-state index in [1.165, 1.54) is 6.33 Å². The number of carbonyl (C=O) groups is 2. The lowest BCUT2D eigenvalue weighted by molar-refractivity contribution is -0.198. The molecule has 3 aromatic rings. The fraction of sp³-hybridized carbons (Fsp3) is 0.639. The van der Waals surface area contributed by atoms with E-state index in [9.17, 15) is 9.59 Å². The molecule has 2 aromatic heterocycles. The molecule has 0 saturated carbocycles. The van der Waals surface area contributed by atoms with Crippen LogP contribution in [0.3, 0.4) is 0 Å². The van der Waals surface area contributed by atoms with Gasteiger partial charge in [0, 0.05) is 37.7 Å². The number of hydrogen-bond donors (Lipinski definition) is 2. The highest BCUT2D eigenvalue weighted by atomic mass is 35.5. The van der Waals surface area contributed by atoms with Crippen molar-refractivity contribution in [2.75, 3.05) is 45.0 Å². The zero-order valence-corrected chi connectivity index (χ0v) is 32.2. The summed E-state index contributed by atoms with van der Waals surface area (Å²) in [6.45, 7) is 17.5. The average Bonchev–Trinajstić information content (AvgIpc) is 3.69. The van der Waals surface area contributed by atoms with Crippen LogP contribution in [0.1, 0.15) is 73.6 Å². The van der Waals surface area contributed by atoms with Gasteiger partial charge in [-0.3, -0.25) is 9.47 Å². The Morgan fingerprint density at radius 3 is 2.35 bits per heavy atom. The molecule has 15 nitrogen and oxygen atoms in total. The standard InChI is InChI=1S/C36H53ClN8O7/c1-34(2,3)51-32(46)39-15-9-16-43(18-19-44(33(47)52-35(4,5)6)17-14-23-10-12-24(37)13-11-23)20-25-27-28(50-36(7,8)49-27)31(48-25)45-22-42-26-29(38)40-21-41-30(26)45/h10-13,21-22,25,27-28,31H,9,14-20H2,1-8H3,(H,39,46)(H2,38,40,41)/t25-,27-,28-,31-/m1/s1. The molecule has 4 atom stereocenters. The molecule has 1 aromatic carbocycles. The third-order valence-electron chi connectivity index (χ3n) is 8.47. The lowest BCUT2D eigenvalue weighted by atomic mass is 10.1. The van der Waals surface area contributed by atoms with Gasteiger partial charge in [0.15, 0.2) is 23.5 Å². The number of hydrogen-bond acceptors (Lipinski definition) is 12. The van der Waals surface area contributed by atoms with Gasteiger partial charge in [0.1, 0.15) is 41.4 Å². The van der Waals surface area contributed by atoms with Gasteiger partial charge in [-0.25, -0.2) is 24.5 Å². The lowest BCUT2D eigenvalue weighted by Gasteiger charge is -2.32. The van der Waals surface area contributed by atoms with Crippen LogP contribution in [0.5, 0.6) is 0 Å². The molecule has 2 amide bonds. The van der Waals surface area contributed by atoms with Crippen molar-refractivity contribution in [1.29, 1.82) is 0 Å². The number of nitrogen functional groups attached to an aromatic ring is 1. The summed E-state index contributed by atoms with van der Waals surface area (Å²) < 4.78 is 32.6. The first-order valence-electron chi connectivity index (χ1n) is 17.7. The SMILES string of the molecule is CC(C)(C)OC(=O)NCCCN(CCN(CCc1ccc(Cl)cc1)C(=O)OC(C)(C)C)C[C@H]1O[C@@H](n2cnc3c(N)ncnc32)[C@@H]2OC(C)(C)O[C@@H]21. The Morgan fingerprint density at radius 2 is 1.65 bits per heavy atom. The molecular weight excluding hydrogens is 692 g/mol. The van der Waals surface area contributed by atoms with Gasteiger partial charge >= 0.3 is 12.2 Å². The predicted molar refractivity (Wildman–Crippen MR) is 196 cm³/mol. The van der Waals surface area contributed by atoms with Crippen LogP contribution in [0.2, 0.25) is 5.02 Å². The molecule has 0 spiro atoms. The van der Waals surface area contributed by atoms with Crippen LogP contribution < -0.4 is 11.1 Å². The lowest BCUT2D eigenvalue weighted by Crippen LogP contribution is -2.46. The number of halogens is 1. The van der Waals surface area contributed by atoms with E-state index in [4.69, 9.17) is 41.0 Å². The normalized spacial score (nSPS) is 21.3. The van der Waals surface area contributed by atoms with Crippen molar-refractivity contribution < 1.29 is 33.3 Å². The highest BCUT2D eigenvalue weighted by Crippen LogP contribution is 2.44. The fourth-order valence-corrected chi connectivity index (χ4v) is 6.37. The molecule has 0 radical (unpaired) electrons. The fourth-order valence-electron chi connectivity index (χ4n) is 6.24. The van der Waals surface area contributed by atoms with Gasteiger partial charge in [-0.2, -0.15) is 0 Å². The molecule has 0 aliphatic carbocycles. The first-order valence-corrected chi connectivity index (χ1v) is 18.1. The monoisotopic (exact) mass is 744 g/mol. The number of benzene rings is 1. The van der Waals surface area contributed by atoms with E-state index in [1.807, 2.05) is 84.2 Å². The summed E-state index contributed by atoms with van der Waals surface area (Å²) in [5.74, 6) is -0.576. The molecule has 52 heavy (non-hydrogen) atoms. The van der Waals surface area contributed by atoms with Gasteiger partial charge in [-0.05, 0) is 92.5 Å². The summed E-state index contributed by atoms with van der Waals surface area (Å²) in [4.78, 5) is 42.7. The second-order valence-corrected chi connectivity index (χ2v) is 16.1. The summed E-state index contributed by atoms with van der Waals surface area (Å²) in [5.41, 5.74) is 6.88. The first kappa shape index (κ1) is 39.4. The van der Waals surface area contributed by atoms with E-state index in [0.29, 0.717) is 68.3 Å². The molecule has 0 bridgehead atoms. The first-order chi connectivity index (χ1) is 24.4. The topological polar surface area (TPSA) is 168 Å². The molecular formula is C36H53ClN8O7. The number of carbonyl (C=O) groups excluding carboxylic acids is 2. The van der Waals surface area contributed by atoms with Gasteiger partial charge in [-0.1, -0.05) is 23.7 Å². The Bertz CT molecular complexity index is 1670.